The molecule has 0 aliphatic rings. The lowest BCUT2D eigenvalue weighted by molar-refractivity contribution is -0.178. The highest BCUT2D eigenvalue weighted by molar-refractivity contribution is 5.02. The Morgan fingerprint density at radius 2 is 1.89 bits per heavy atom. The first-order valence-corrected chi connectivity index (χ1v) is 5.57. The van der Waals surface area contributed by atoms with Crippen LogP contribution in [0.2, 0.25) is 0 Å². The van der Waals surface area contributed by atoms with Gasteiger partial charge in [-0.25, -0.2) is 0 Å². The maximum absolute atomic E-state index is 11.9. The highest BCUT2D eigenvalue weighted by Crippen LogP contribution is 2.23. The predicted molar refractivity (Wildman–Crippen MR) is 56.5 cm³/mol. The standard InChI is InChI=1S/C10H16F3N3O2/c1-3-9(14,4-2)8-15-7(18-16-8)5-17-6-10(11,12)13/h3-6,14H2,1-2H3. The molecular formula is C10H16F3N3O2. The van der Waals surface area contributed by atoms with Crippen LogP contribution in [0, 0.1) is 0 Å². The summed E-state index contributed by atoms with van der Waals surface area (Å²) in [5.41, 5.74) is 5.31. The van der Waals surface area contributed by atoms with Gasteiger partial charge in [0.05, 0.1) is 5.54 Å². The van der Waals surface area contributed by atoms with Gasteiger partial charge in [0.25, 0.3) is 5.89 Å². The molecule has 8 heteroatoms. The van der Waals surface area contributed by atoms with Crippen molar-refractivity contribution in [2.45, 2.75) is 45.0 Å². The molecule has 0 amide bonds. The molecule has 0 radical (unpaired) electrons. The van der Waals surface area contributed by atoms with Crippen LogP contribution < -0.4 is 5.73 Å². The molecule has 1 heterocycles. The highest BCUT2D eigenvalue weighted by atomic mass is 19.4. The van der Waals surface area contributed by atoms with E-state index in [2.05, 4.69) is 14.9 Å². The minimum absolute atomic E-state index is 0.00836. The van der Waals surface area contributed by atoms with Crippen molar-refractivity contribution in [1.82, 2.24) is 10.1 Å². The summed E-state index contributed by atoms with van der Waals surface area (Å²) in [5.74, 6) is 0.282. The largest absolute Gasteiger partial charge is 0.411 e. The van der Waals surface area contributed by atoms with E-state index >= 15 is 0 Å². The number of halogens is 3. The molecule has 0 bridgehead atoms. The van der Waals surface area contributed by atoms with Crippen LogP contribution in [0.3, 0.4) is 0 Å². The van der Waals surface area contributed by atoms with E-state index in [9.17, 15) is 13.2 Å². The second-order valence-corrected chi connectivity index (χ2v) is 3.98. The van der Waals surface area contributed by atoms with E-state index in [-0.39, 0.29) is 18.3 Å². The second kappa shape index (κ2) is 5.66. The van der Waals surface area contributed by atoms with Crippen LogP contribution >= 0.6 is 0 Å². The fraction of sp³-hybridized carbons (Fsp3) is 0.800. The first-order valence-electron chi connectivity index (χ1n) is 5.57. The number of hydrogen-bond donors (Lipinski definition) is 1. The van der Waals surface area contributed by atoms with E-state index in [0.29, 0.717) is 12.8 Å². The second-order valence-electron chi connectivity index (χ2n) is 3.98. The van der Waals surface area contributed by atoms with Crippen LogP contribution in [0.1, 0.15) is 38.4 Å². The maximum atomic E-state index is 11.9. The van der Waals surface area contributed by atoms with Crippen LogP contribution in [0.5, 0.6) is 0 Å². The lowest BCUT2D eigenvalue weighted by atomic mass is 9.94. The molecule has 0 aliphatic heterocycles. The van der Waals surface area contributed by atoms with Crippen LogP contribution in [0.15, 0.2) is 4.52 Å². The van der Waals surface area contributed by atoms with Crippen LogP contribution in [-0.2, 0) is 16.9 Å². The van der Waals surface area contributed by atoms with Crippen molar-refractivity contribution in [3.63, 3.8) is 0 Å². The average molecular weight is 267 g/mol. The fourth-order valence-electron chi connectivity index (χ4n) is 1.34. The van der Waals surface area contributed by atoms with E-state index in [4.69, 9.17) is 10.3 Å². The Kier molecular flexibility index (Phi) is 4.69. The number of ether oxygens (including phenoxy) is 1. The van der Waals surface area contributed by atoms with Gasteiger partial charge in [-0.15, -0.1) is 0 Å². The van der Waals surface area contributed by atoms with Crippen LogP contribution in [0.25, 0.3) is 0 Å². The zero-order valence-corrected chi connectivity index (χ0v) is 10.3. The summed E-state index contributed by atoms with van der Waals surface area (Å²) in [4.78, 5) is 3.95. The Balaban J connectivity index is 2.59. The zero-order chi connectivity index (χ0) is 13.8. The van der Waals surface area contributed by atoms with Crippen LogP contribution in [0.4, 0.5) is 13.2 Å². The van der Waals surface area contributed by atoms with Crippen molar-refractivity contribution >= 4 is 0 Å². The molecule has 5 nitrogen and oxygen atoms in total. The Bertz CT molecular complexity index is 375. The van der Waals surface area contributed by atoms with Gasteiger partial charge in [-0.2, -0.15) is 18.2 Å². The minimum Gasteiger partial charge on any atom is -0.362 e. The molecule has 0 saturated carbocycles. The van der Waals surface area contributed by atoms with Crippen molar-refractivity contribution in [1.29, 1.82) is 0 Å². The lowest BCUT2D eigenvalue weighted by Crippen LogP contribution is -2.36. The molecule has 104 valence electrons. The third kappa shape index (κ3) is 3.95. The molecule has 1 rings (SSSR count). The summed E-state index contributed by atoms with van der Waals surface area (Å²) in [6, 6.07) is 0. The van der Waals surface area contributed by atoms with Gasteiger partial charge in [-0.05, 0) is 12.8 Å². The summed E-state index contributed by atoms with van der Waals surface area (Å²) in [6.45, 7) is 2.02. The molecule has 18 heavy (non-hydrogen) atoms. The summed E-state index contributed by atoms with van der Waals surface area (Å²) in [6.07, 6.45) is -3.16. The molecule has 2 N–H and O–H groups in total. The maximum Gasteiger partial charge on any atom is 0.411 e. The Morgan fingerprint density at radius 3 is 2.39 bits per heavy atom. The molecule has 0 fully saturated rings. The third-order valence-electron chi connectivity index (χ3n) is 2.67. The van der Waals surface area contributed by atoms with Gasteiger partial charge in [0.15, 0.2) is 5.82 Å². The molecule has 0 atom stereocenters. The highest BCUT2D eigenvalue weighted by Gasteiger charge is 2.30. The molecule has 0 saturated heterocycles. The van der Waals surface area contributed by atoms with Gasteiger partial charge >= 0.3 is 6.18 Å². The Labute approximate surface area is 102 Å². The van der Waals surface area contributed by atoms with Gasteiger partial charge < -0.3 is 15.0 Å². The monoisotopic (exact) mass is 267 g/mol. The van der Waals surface area contributed by atoms with E-state index in [1.807, 2.05) is 13.8 Å². The van der Waals surface area contributed by atoms with Crippen molar-refractivity contribution in [2.75, 3.05) is 6.61 Å². The first kappa shape index (κ1) is 14.9. The first-order chi connectivity index (χ1) is 8.30. The van der Waals surface area contributed by atoms with E-state index in [1.54, 1.807) is 0 Å². The molecule has 1 aromatic heterocycles. The normalized spacial score (nSPS) is 13.0. The minimum atomic E-state index is -4.37. The number of alkyl halides is 3. The van der Waals surface area contributed by atoms with Gasteiger partial charge in [0, 0.05) is 0 Å². The molecule has 1 aromatic rings. The van der Waals surface area contributed by atoms with Crippen molar-refractivity contribution < 1.29 is 22.4 Å². The number of rotatable bonds is 6. The fourth-order valence-corrected chi connectivity index (χ4v) is 1.34. The Hall–Kier alpha value is -1.15. The van der Waals surface area contributed by atoms with E-state index in [0.717, 1.165) is 0 Å². The zero-order valence-electron chi connectivity index (χ0n) is 10.3. The van der Waals surface area contributed by atoms with E-state index in [1.165, 1.54) is 0 Å². The predicted octanol–water partition coefficient (Wildman–Crippen LogP) is 2.12. The molecule has 0 aliphatic carbocycles. The molecule has 0 aromatic carbocycles. The van der Waals surface area contributed by atoms with Gasteiger partial charge in [0.2, 0.25) is 0 Å². The Morgan fingerprint density at radius 1 is 1.28 bits per heavy atom. The lowest BCUT2D eigenvalue weighted by Gasteiger charge is -2.21. The van der Waals surface area contributed by atoms with Crippen molar-refractivity contribution in [2.24, 2.45) is 5.73 Å². The van der Waals surface area contributed by atoms with Gasteiger partial charge in [0.1, 0.15) is 13.2 Å². The van der Waals surface area contributed by atoms with E-state index < -0.39 is 18.3 Å². The number of hydrogen-bond acceptors (Lipinski definition) is 5. The molecular weight excluding hydrogens is 251 g/mol. The number of aromatic nitrogens is 2. The average Bonchev–Trinajstić information content (AvgIpc) is 2.75. The van der Waals surface area contributed by atoms with Crippen molar-refractivity contribution in [3.8, 4) is 0 Å². The topological polar surface area (TPSA) is 74.2 Å². The smallest absolute Gasteiger partial charge is 0.362 e. The molecule has 0 unspecified atom stereocenters. The summed E-state index contributed by atoms with van der Waals surface area (Å²) < 4.78 is 44.8. The van der Waals surface area contributed by atoms with Gasteiger partial charge in [-0.1, -0.05) is 19.0 Å². The van der Waals surface area contributed by atoms with Crippen molar-refractivity contribution in [3.05, 3.63) is 11.7 Å². The molecule has 0 spiro atoms. The SMILES string of the molecule is CCC(N)(CC)c1noc(COCC(F)(F)F)n1. The summed E-state index contributed by atoms with van der Waals surface area (Å²) >= 11 is 0. The quantitative estimate of drug-likeness (QED) is 0.854. The summed E-state index contributed by atoms with van der Waals surface area (Å²) in [7, 11) is 0. The van der Waals surface area contributed by atoms with Gasteiger partial charge in [-0.3, -0.25) is 0 Å². The summed E-state index contributed by atoms with van der Waals surface area (Å²) in [5, 5.41) is 3.67. The number of nitrogens with two attached hydrogens (primary N) is 1. The van der Waals surface area contributed by atoms with Crippen LogP contribution in [-0.4, -0.2) is 22.9 Å². The third-order valence-corrected chi connectivity index (χ3v) is 2.67. The number of nitrogens with zero attached hydrogens (tertiary/aromatic N) is 2.